The fraction of sp³-hybridized carbons (Fsp3) is 0.462. The SMILES string of the molecule is CC1CN(Cc2cccc(Cl)c2Cl)CC1C(=O)O. The number of carbonyl (C=O) groups is 1. The zero-order chi connectivity index (χ0) is 13.3. The second-order valence-electron chi connectivity index (χ2n) is 4.83. The maximum Gasteiger partial charge on any atom is 0.308 e. The Balaban J connectivity index is 2.07. The van der Waals surface area contributed by atoms with Crippen LogP contribution in [0.4, 0.5) is 0 Å². The summed E-state index contributed by atoms with van der Waals surface area (Å²) < 4.78 is 0. The van der Waals surface area contributed by atoms with Crippen molar-refractivity contribution in [1.82, 2.24) is 4.90 Å². The maximum absolute atomic E-state index is 11.1. The number of hydrogen-bond acceptors (Lipinski definition) is 2. The van der Waals surface area contributed by atoms with E-state index in [1.807, 2.05) is 19.1 Å². The fourth-order valence-electron chi connectivity index (χ4n) is 2.43. The first-order valence-corrected chi connectivity index (χ1v) is 6.62. The van der Waals surface area contributed by atoms with Crippen molar-refractivity contribution >= 4 is 29.2 Å². The van der Waals surface area contributed by atoms with Crippen molar-refractivity contribution in [3.8, 4) is 0 Å². The average molecular weight is 288 g/mol. The van der Waals surface area contributed by atoms with Gasteiger partial charge in [0.1, 0.15) is 0 Å². The van der Waals surface area contributed by atoms with Gasteiger partial charge in [-0.25, -0.2) is 0 Å². The third-order valence-electron chi connectivity index (χ3n) is 3.43. The Morgan fingerprint density at radius 3 is 2.78 bits per heavy atom. The number of nitrogens with zero attached hydrogens (tertiary/aromatic N) is 1. The molecule has 0 spiro atoms. The quantitative estimate of drug-likeness (QED) is 0.929. The normalized spacial score (nSPS) is 24.4. The molecule has 0 amide bonds. The third-order valence-corrected chi connectivity index (χ3v) is 4.29. The summed E-state index contributed by atoms with van der Waals surface area (Å²) in [6, 6.07) is 5.53. The van der Waals surface area contributed by atoms with Gasteiger partial charge in [-0.15, -0.1) is 0 Å². The van der Waals surface area contributed by atoms with E-state index in [9.17, 15) is 4.79 Å². The Morgan fingerprint density at radius 2 is 2.17 bits per heavy atom. The number of hydrogen-bond donors (Lipinski definition) is 1. The van der Waals surface area contributed by atoms with E-state index in [1.165, 1.54) is 0 Å². The molecule has 98 valence electrons. The minimum absolute atomic E-state index is 0.167. The van der Waals surface area contributed by atoms with Gasteiger partial charge in [-0.3, -0.25) is 9.69 Å². The molecule has 1 aromatic carbocycles. The van der Waals surface area contributed by atoms with Crippen molar-refractivity contribution in [2.45, 2.75) is 13.5 Å². The van der Waals surface area contributed by atoms with Crippen LogP contribution < -0.4 is 0 Å². The molecule has 1 aliphatic rings. The molecular formula is C13H15Cl2NO2. The molecule has 1 fully saturated rings. The number of likely N-dealkylation sites (tertiary alicyclic amines) is 1. The van der Waals surface area contributed by atoms with Crippen LogP contribution in [0.3, 0.4) is 0 Å². The first-order valence-electron chi connectivity index (χ1n) is 5.87. The van der Waals surface area contributed by atoms with E-state index >= 15 is 0 Å². The number of rotatable bonds is 3. The van der Waals surface area contributed by atoms with Gasteiger partial charge in [0.05, 0.1) is 16.0 Å². The second kappa shape index (κ2) is 5.47. The summed E-state index contributed by atoms with van der Waals surface area (Å²) in [5, 5.41) is 10.2. The highest BCUT2D eigenvalue weighted by Crippen LogP contribution is 2.29. The number of benzene rings is 1. The highest BCUT2D eigenvalue weighted by atomic mass is 35.5. The van der Waals surface area contributed by atoms with Crippen molar-refractivity contribution in [3.63, 3.8) is 0 Å². The van der Waals surface area contributed by atoms with E-state index < -0.39 is 5.97 Å². The van der Waals surface area contributed by atoms with Crippen molar-refractivity contribution in [1.29, 1.82) is 0 Å². The van der Waals surface area contributed by atoms with E-state index in [4.69, 9.17) is 28.3 Å². The predicted octanol–water partition coefficient (Wildman–Crippen LogP) is 3.15. The summed E-state index contributed by atoms with van der Waals surface area (Å²) in [5.41, 5.74) is 0.947. The average Bonchev–Trinajstić information content (AvgIpc) is 2.66. The van der Waals surface area contributed by atoms with Crippen LogP contribution in [0, 0.1) is 11.8 Å². The molecular weight excluding hydrogens is 273 g/mol. The predicted molar refractivity (Wildman–Crippen MR) is 72.0 cm³/mol. The smallest absolute Gasteiger partial charge is 0.308 e. The lowest BCUT2D eigenvalue weighted by molar-refractivity contribution is -0.142. The van der Waals surface area contributed by atoms with Crippen LogP contribution in [-0.4, -0.2) is 29.1 Å². The largest absolute Gasteiger partial charge is 0.481 e. The summed E-state index contributed by atoms with van der Waals surface area (Å²) in [4.78, 5) is 13.2. The van der Waals surface area contributed by atoms with Crippen LogP contribution in [0.5, 0.6) is 0 Å². The van der Waals surface area contributed by atoms with Gasteiger partial charge < -0.3 is 5.11 Å². The van der Waals surface area contributed by atoms with Crippen molar-refractivity contribution in [2.75, 3.05) is 13.1 Å². The molecule has 2 atom stereocenters. The Morgan fingerprint density at radius 1 is 1.44 bits per heavy atom. The molecule has 2 rings (SSSR count). The number of carboxylic acids is 1. The van der Waals surface area contributed by atoms with Gasteiger partial charge in [-0.1, -0.05) is 42.3 Å². The third kappa shape index (κ3) is 2.79. The molecule has 18 heavy (non-hydrogen) atoms. The molecule has 3 nitrogen and oxygen atoms in total. The number of carboxylic acid groups (broad SMARTS) is 1. The molecule has 5 heteroatoms. The van der Waals surface area contributed by atoms with E-state index in [2.05, 4.69) is 4.90 Å². The molecule has 0 bridgehead atoms. The van der Waals surface area contributed by atoms with E-state index in [1.54, 1.807) is 6.07 Å². The lowest BCUT2D eigenvalue weighted by atomic mass is 9.99. The summed E-state index contributed by atoms with van der Waals surface area (Å²) >= 11 is 12.1. The van der Waals surface area contributed by atoms with Crippen LogP contribution in [0.25, 0.3) is 0 Å². The zero-order valence-electron chi connectivity index (χ0n) is 10.1. The van der Waals surface area contributed by atoms with Crippen LogP contribution in [-0.2, 0) is 11.3 Å². The Bertz CT molecular complexity index is 464. The van der Waals surface area contributed by atoms with Crippen molar-refractivity contribution < 1.29 is 9.90 Å². The van der Waals surface area contributed by atoms with E-state index in [0.717, 1.165) is 12.1 Å². The zero-order valence-corrected chi connectivity index (χ0v) is 11.6. The molecule has 0 saturated carbocycles. The highest BCUT2D eigenvalue weighted by molar-refractivity contribution is 6.42. The van der Waals surface area contributed by atoms with Crippen LogP contribution in [0.15, 0.2) is 18.2 Å². The van der Waals surface area contributed by atoms with E-state index in [0.29, 0.717) is 23.1 Å². The van der Waals surface area contributed by atoms with Gasteiger partial charge in [0.2, 0.25) is 0 Å². The summed E-state index contributed by atoms with van der Waals surface area (Å²) in [5.74, 6) is -0.842. The van der Waals surface area contributed by atoms with Gasteiger partial charge in [-0.05, 0) is 17.5 Å². The van der Waals surface area contributed by atoms with Crippen LogP contribution in [0.2, 0.25) is 10.0 Å². The number of halogens is 2. The highest BCUT2D eigenvalue weighted by Gasteiger charge is 2.34. The molecule has 0 radical (unpaired) electrons. The summed E-state index contributed by atoms with van der Waals surface area (Å²) in [7, 11) is 0. The molecule has 1 N–H and O–H groups in total. The lowest BCUT2D eigenvalue weighted by Crippen LogP contribution is -2.23. The van der Waals surface area contributed by atoms with Gasteiger partial charge in [-0.2, -0.15) is 0 Å². The Hall–Kier alpha value is -0.770. The van der Waals surface area contributed by atoms with Gasteiger partial charge in [0.15, 0.2) is 0 Å². The molecule has 1 saturated heterocycles. The standard InChI is InChI=1S/C13H15Cl2NO2/c1-8-5-16(7-10(8)13(17)18)6-9-3-2-4-11(14)12(9)15/h2-4,8,10H,5-7H2,1H3,(H,17,18). The second-order valence-corrected chi connectivity index (χ2v) is 5.61. The van der Waals surface area contributed by atoms with Gasteiger partial charge >= 0.3 is 5.97 Å². The lowest BCUT2D eigenvalue weighted by Gasteiger charge is -2.16. The summed E-state index contributed by atoms with van der Waals surface area (Å²) in [6.07, 6.45) is 0. The molecule has 2 unspecified atom stereocenters. The van der Waals surface area contributed by atoms with Crippen molar-refractivity contribution in [2.24, 2.45) is 11.8 Å². The summed E-state index contributed by atoms with van der Waals surface area (Å²) in [6.45, 7) is 3.96. The Labute approximate surface area is 116 Å². The van der Waals surface area contributed by atoms with Crippen LogP contribution in [0.1, 0.15) is 12.5 Å². The topological polar surface area (TPSA) is 40.5 Å². The van der Waals surface area contributed by atoms with Gasteiger partial charge in [0.25, 0.3) is 0 Å². The first kappa shape index (κ1) is 13.7. The van der Waals surface area contributed by atoms with Crippen molar-refractivity contribution in [3.05, 3.63) is 33.8 Å². The molecule has 1 heterocycles. The number of aliphatic carboxylic acids is 1. The minimum Gasteiger partial charge on any atom is -0.481 e. The maximum atomic E-state index is 11.1. The Kier molecular flexibility index (Phi) is 4.15. The molecule has 1 aromatic rings. The molecule has 0 aromatic heterocycles. The van der Waals surface area contributed by atoms with Gasteiger partial charge in [0, 0.05) is 19.6 Å². The minimum atomic E-state index is -0.720. The van der Waals surface area contributed by atoms with E-state index in [-0.39, 0.29) is 11.8 Å². The molecule has 0 aliphatic carbocycles. The first-order chi connectivity index (χ1) is 8.49. The monoisotopic (exact) mass is 287 g/mol. The fourth-order valence-corrected chi connectivity index (χ4v) is 2.81. The molecule has 1 aliphatic heterocycles. The van der Waals surface area contributed by atoms with Crippen LogP contribution >= 0.6 is 23.2 Å².